The average Bonchev–Trinajstić information content (AvgIpc) is 3.39. The van der Waals surface area contributed by atoms with Crippen LogP contribution in [0.2, 0.25) is 0 Å². The van der Waals surface area contributed by atoms with Crippen molar-refractivity contribution in [3.8, 4) is 16.4 Å². The molecule has 4 rings (SSSR count). The molecular weight excluding hydrogens is 391 g/mol. The van der Waals surface area contributed by atoms with E-state index < -0.39 is 23.3 Å². The van der Waals surface area contributed by atoms with Crippen molar-refractivity contribution in [3.05, 3.63) is 71.4 Å². The molecule has 0 aliphatic carbocycles. The van der Waals surface area contributed by atoms with Crippen LogP contribution in [0.3, 0.4) is 0 Å². The molecule has 0 atom stereocenters. The van der Waals surface area contributed by atoms with Crippen LogP contribution in [0.4, 0.5) is 13.2 Å². The standard InChI is InChI=1S/C18H12F3N5OS/c1-11-2-4-12(5-3-11)14-9-28-17(24-14)26-15(18(19,20)21)13(8-23-26)16(27)25-7-6-22-10-25/h2-10H,1H3. The lowest BCUT2D eigenvalue weighted by Crippen LogP contribution is -2.20. The fourth-order valence-electron chi connectivity index (χ4n) is 2.66. The lowest BCUT2D eigenvalue weighted by molar-refractivity contribution is -0.143. The predicted molar refractivity (Wildman–Crippen MR) is 96.4 cm³/mol. The maximum absolute atomic E-state index is 13.7. The first kappa shape index (κ1) is 18.1. The fourth-order valence-corrected chi connectivity index (χ4v) is 3.45. The van der Waals surface area contributed by atoms with Gasteiger partial charge in [0.2, 0.25) is 5.13 Å². The van der Waals surface area contributed by atoms with Gasteiger partial charge in [-0.3, -0.25) is 9.36 Å². The molecule has 10 heteroatoms. The number of alkyl halides is 3. The normalized spacial score (nSPS) is 11.7. The van der Waals surface area contributed by atoms with E-state index in [2.05, 4.69) is 15.1 Å². The van der Waals surface area contributed by atoms with E-state index in [1.54, 1.807) is 5.38 Å². The van der Waals surface area contributed by atoms with Crippen LogP contribution in [0.15, 0.2) is 54.6 Å². The SMILES string of the molecule is Cc1ccc(-c2csc(-n3ncc(C(=O)n4ccnc4)c3C(F)(F)F)n2)cc1. The second-order valence-corrected chi connectivity index (χ2v) is 6.81. The minimum atomic E-state index is -4.79. The number of aryl methyl sites for hydroxylation is 1. The molecule has 4 aromatic rings. The van der Waals surface area contributed by atoms with Gasteiger partial charge in [-0.25, -0.2) is 14.6 Å². The zero-order valence-electron chi connectivity index (χ0n) is 14.4. The predicted octanol–water partition coefficient (Wildman–Crippen LogP) is 4.21. The third-order valence-corrected chi connectivity index (χ3v) is 4.84. The second-order valence-electron chi connectivity index (χ2n) is 5.97. The van der Waals surface area contributed by atoms with Gasteiger partial charge in [-0.05, 0) is 6.92 Å². The van der Waals surface area contributed by atoms with Gasteiger partial charge in [-0.1, -0.05) is 29.8 Å². The molecule has 0 aliphatic rings. The van der Waals surface area contributed by atoms with Gasteiger partial charge < -0.3 is 0 Å². The van der Waals surface area contributed by atoms with Gasteiger partial charge in [0, 0.05) is 23.3 Å². The van der Waals surface area contributed by atoms with E-state index in [0.29, 0.717) is 10.4 Å². The topological polar surface area (TPSA) is 65.6 Å². The highest BCUT2D eigenvalue weighted by atomic mass is 32.1. The van der Waals surface area contributed by atoms with Crippen molar-refractivity contribution < 1.29 is 18.0 Å². The quantitative estimate of drug-likeness (QED) is 0.514. The number of carbonyl (C=O) groups excluding carboxylic acids is 1. The highest BCUT2D eigenvalue weighted by Gasteiger charge is 2.41. The Hall–Kier alpha value is -3.27. The summed E-state index contributed by atoms with van der Waals surface area (Å²) in [7, 11) is 0. The summed E-state index contributed by atoms with van der Waals surface area (Å²) in [5.41, 5.74) is 0.636. The number of rotatable bonds is 3. The Morgan fingerprint density at radius 1 is 1.18 bits per heavy atom. The lowest BCUT2D eigenvalue weighted by Gasteiger charge is -2.10. The summed E-state index contributed by atoms with van der Waals surface area (Å²) < 4.78 is 42.9. The summed E-state index contributed by atoms with van der Waals surface area (Å²) in [6.07, 6.45) is -0.169. The first-order chi connectivity index (χ1) is 13.3. The number of carbonyl (C=O) groups is 1. The van der Waals surface area contributed by atoms with Crippen molar-refractivity contribution >= 4 is 17.2 Å². The molecule has 0 fully saturated rings. The van der Waals surface area contributed by atoms with Crippen molar-refractivity contribution in [3.63, 3.8) is 0 Å². The van der Waals surface area contributed by atoms with Gasteiger partial charge in [-0.15, -0.1) is 11.3 Å². The summed E-state index contributed by atoms with van der Waals surface area (Å²) in [5.74, 6) is -0.869. The zero-order chi connectivity index (χ0) is 19.9. The molecule has 28 heavy (non-hydrogen) atoms. The zero-order valence-corrected chi connectivity index (χ0v) is 15.2. The van der Waals surface area contributed by atoms with Crippen LogP contribution in [0, 0.1) is 6.92 Å². The van der Waals surface area contributed by atoms with Gasteiger partial charge in [0.15, 0.2) is 5.69 Å². The molecule has 142 valence electrons. The Balaban J connectivity index is 1.78. The van der Waals surface area contributed by atoms with Crippen LogP contribution in [-0.4, -0.2) is 30.2 Å². The maximum Gasteiger partial charge on any atom is 0.434 e. The van der Waals surface area contributed by atoms with Crippen LogP contribution in [0.1, 0.15) is 21.6 Å². The van der Waals surface area contributed by atoms with E-state index >= 15 is 0 Å². The molecule has 0 N–H and O–H groups in total. The number of imidazole rings is 1. The van der Waals surface area contributed by atoms with Crippen molar-refractivity contribution in [2.75, 3.05) is 0 Å². The molecular formula is C18H12F3N5OS. The molecule has 0 unspecified atom stereocenters. The van der Waals surface area contributed by atoms with Gasteiger partial charge in [0.1, 0.15) is 6.33 Å². The van der Waals surface area contributed by atoms with Crippen LogP contribution >= 0.6 is 11.3 Å². The van der Waals surface area contributed by atoms with Gasteiger partial charge >= 0.3 is 6.18 Å². The third-order valence-electron chi connectivity index (χ3n) is 4.03. The molecule has 0 aliphatic heterocycles. The number of hydrogen-bond acceptors (Lipinski definition) is 5. The summed E-state index contributed by atoms with van der Waals surface area (Å²) in [4.78, 5) is 20.4. The molecule has 1 aromatic carbocycles. The second kappa shape index (κ2) is 6.71. The fraction of sp³-hybridized carbons (Fsp3) is 0.111. The Kier molecular flexibility index (Phi) is 4.34. The molecule has 3 heterocycles. The summed E-state index contributed by atoms with van der Waals surface area (Å²) in [5, 5.41) is 5.47. The Bertz CT molecular complexity index is 1130. The van der Waals surface area contributed by atoms with Crippen LogP contribution < -0.4 is 0 Å². The molecule has 0 amide bonds. The number of aromatic nitrogens is 5. The van der Waals surface area contributed by atoms with Gasteiger partial charge in [0.25, 0.3) is 5.91 Å². The first-order valence-corrected chi connectivity index (χ1v) is 8.93. The van der Waals surface area contributed by atoms with Gasteiger partial charge in [-0.2, -0.15) is 18.3 Å². The molecule has 0 saturated carbocycles. The highest BCUT2D eigenvalue weighted by Crippen LogP contribution is 2.35. The first-order valence-electron chi connectivity index (χ1n) is 8.05. The van der Waals surface area contributed by atoms with Crippen molar-refractivity contribution in [1.82, 2.24) is 24.3 Å². The minimum Gasteiger partial charge on any atom is -0.272 e. The van der Waals surface area contributed by atoms with E-state index in [1.807, 2.05) is 31.2 Å². The Morgan fingerprint density at radius 2 is 1.93 bits per heavy atom. The third kappa shape index (κ3) is 3.22. The minimum absolute atomic E-state index is 0.0209. The number of nitrogens with zero attached hydrogens (tertiary/aromatic N) is 5. The smallest absolute Gasteiger partial charge is 0.272 e. The average molecular weight is 403 g/mol. The molecule has 0 spiro atoms. The van der Waals surface area contributed by atoms with Crippen LogP contribution in [0.5, 0.6) is 0 Å². The number of hydrogen-bond donors (Lipinski definition) is 0. The summed E-state index contributed by atoms with van der Waals surface area (Å²) >= 11 is 1.01. The van der Waals surface area contributed by atoms with E-state index in [1.165, 1.54) is 12.4 Å². The van der Waals surface area contributed by atoms with Crippen molar-refractivity contribution in [2.24, 2.45) is 0 Å². The molecule has 3 aromatic heterocycles. The summed E-state index contributed by atoms with van der Waals surface area (Å²) in [6, 6.07) is 7.47. The van der Waals surface area contributed by atoms with Crippen molar-refractivity contribution in [2.45, 2.75) is 13.1 Å². The highest BCUT2D eigenvalue weighted by molar-refractivity contribution is 7.12. The lowest BCUT2D eigenvalue weighted by atomic mass is 10.1. The number of thiazole rings is 1. The van der Waals surface area contributed by atoms with Gasteiger partial charge in [0.05, 0.1) is 17.5 Å². The Labute approximate surface area is 160 Å². The summed E-state index contributed by atoms with van der Waals surface area (Å²) in [6.45, 7) is 1.94. The number of benzene rings is 1. The maximum atomic E-state index is 13.7. The van der Waals surface area contributed by atoms with Crippen molar-refractivity contribution in [1.29, 1.82) is 0 Å². The molecule has 0 bridgehead atoms. The number of halogens is 3. The van der Waals surface area contributed by atoms with E-state index in [4.69, 9.17) is 0 Å². The Morgan fingerprint density at radius 3 is 2.57 bits per heavy atom. The molecule has 6 nitrogen and oxygen atoms in total. The van der Waals surface area contributed by atoms with E-state index in [0.717, 1.165) is 39.6 Å². The van der Waals surface area contributed by atoms with E-state index in [-0.39, 0.29) is 5.13 Å². The largest absolute Gasteiger partial charge is 0.434 e. The van der Waals surface area contributed by atoms with E-state index in [9.17, 15) is 18.0 Å². The molecule has 0 saturated heterocycles. The monoisotopic (exact) mass is 403 g/mol. The van der Waals surface area contributed by atoms with Crippen LogP contribution in [-0.2, 0) is 6.18 Å². The van der Waals surface area contributed by atoms with Crippen LogP contribution in [0.25, 0.3) is 16.4 Å². The molecule has 0 radical (unpaired) electrons.